The van der Waals surface area contributed by atoms with Crippen LogP contribution in [0.25, 0.3) is 0 Å². The van der Waals surface area contributed by atoms with Crippen LogP contribution < -0.4 is 0 Å². The SMILES string of the molecule is O=P(=O)N1C=NCC1. The monoisotopic (exact) mass is 132 g/mol. The van der Waals surface area contributed by atoms with Crippen LogP contribution >= 0.6 is 7.83 Å². The van der Waals surface area contributed by atoms with Crippen molar-refractivity contribution >= 4 is 14.2 Å². The summed E-state index contributed by atoms with van der Waals surface area (Å²) >= 11 is 0. The third-order valence-electron chi connectivity index (χ3n) is 0.883. The molecule has 1 heterocycles. The fourth-order valence-corrected chi connectivity index (χ4v) is 0.904. The third-order valence-corrected chi connectivity index (χ3v) is 1.61. The summed E-state index contributed by atoms with van der Waals surface area (Å²) in [6, 6.07) is 0. The molecule has 0 aromatic rings. The quantitative estimate of drug-likeness (QED) is 0.485. The summed E-state index contributed by atoms with van der Waals surface area (Å²) in [5, 5.41) is 0. The van der Waals surface area contributed by atoms with Gasteiger partial charge >= 0.3 is 7.83 Å². The third kappa shape index (κ3) is 0.954. The second-order valence-electron chi connectivity index (χ2n) is 1.42. The summed E-state index contributed by atoms with van der Waals surface area (Å²) in [4.78, 5) is 3.70. The van der Waals surface area contributed by atoms with E-state index in [2.05, 4.69) is 4.99 Å². The van der Waals surface area contributed by atoms with Gasteiger partial charge in [0, 0.05) is 0 Å². The highest BCUT2D eigenvalue weighted by Gasteiger charge is 2.07. The summed E-state index contributed by atoms with van der Waals surface area (Å²) in [6.07, 6.45) is 1.34. The first kappa shape index (κ1) is 5.51. The van der Waals surface area contributed by atoms with Crippen LogP contribution in [-0.2, 0) is 9.13 Å². The van der Waals surface area contributed by atoms with Gasteiger partial charge in [-0.15, -0.1) is 0 Å². The molecule has 0 atom stereocenters. The minimum Gasteiger partial charge on any atom is -0.273 e. The molecule has 0 radical (unpaired) electrons. The van der Waals surface area contributed by atoms with Gasteiger partial charge in [0.25, 0.3) is 0 Å². The van der Waals surface area contributed by atoms with Crippen LogP contribution in [0.1, 0.15) is 0 Å². The van der Waals surface area contributed by atoms with Crippen molar-refractivity contribution in [3.8, 4) is 0 Å². The second-order valence-corrected chi connectivity index (χ2v) is 2.41. The lowest BCUT2D eigenvalue weighted by Gasteiger charge is -1.96. The lowest BCUT2D eigenvalue weighted by molar-refractivity contribution is 0.478. The molecule has 0 bridgehead atoms. The highest BCUT2D eigenvalue weighted by atomic mass is 31.1. The van der Waals surface area contributed by atoms with Gasteiger partial charge in [0.15, 0.2) is 0 Å². The van der Waals surface area contributed by atoms with E-state index in [0.29, 0.717) is 13.1 Å². The normalized spacial score (nSPS) is 17.2. The van der Waals surface area contributed by atoms with Crippen molar-refractivity contribution in [2.75, 3.05) is 13.1 Å². The van der Waals surface area contributed by atoms with Crippen LogP contribution in [0.5, 0.6) is 0 Å². The Hall–Kier alpha value is -0.630. The fourth-order valence-electron chi connectivity index (χ4n) is 0.494. The maximum atomic E-state index is 10.1. The van der Waals surface area contributed by atoms with E-state index >= 15 is 0 Å². The Kier molecular flexibility index (Phi) is 1.44. The van der Waals surface area contributed by atoms with E-state index in [0.717, 1.165) is 0 Å². The molecule has 0 spiro atoms. The molecule has 0 amide bonds. The molecule has 0 saturated carbocycles. The summed E-state index contributed by atoms with van der Waals surface area (Å²) < 4.78 is 21.3. The molecule has 0 fully saturated rings. The maximum Gasteiger partial charge on any atom is 0.427 e. The van der Waals surface area contributed by atoms with Crippen LogP contribution in [0, 0.1) is 0 Å². The van der Waals surface area contributed by atoms with E-state index in [1.54, 1.807) is 0 Å². The number of nitrogens with zero attached hydrogens (tertiary/aromatic N) is 2. The lowest BCUT2D eigenvalue weighted by atomic mass is 10.7. The molecular formula is C3H5N2O2P. The standard InChI is InChI=1S/C3H5N2O2P/c6-8(7)5-2-1-4-3-5/h3H,1-2H2. The van der Waals surface area contributed by atoms with Crippen molar-refractivity contribution in [3.05, 3.63) is 0 Å². The average molecular weight is 132 g/mol. The predicted octanol–water partition coefficient (Wildman–Crippen LogP) is 0.418. The molecule has 0 aliphatic carbocycles. The molecule has 4 nitrogen and oxygen atoms in total. The van der Waals surface area contributed by atoms with Gasteiger partial charge in [0.2, 0.25) is 0 Å². The molecule has 1 aliphatic heterocycles. The predicted molar refractivity (Wildman–Crippen MR) is 28.4 cm³/mol. The summed E-state index contributed by atoms with van der Waals surface area (Å²) in [6.45, 7) is 1.11. The Morgan fingerprint density at radius 2 is 2.38 bits per heavy atom. The summed E-state index contributed by atoms with van der Waals surface area (Å²) in [5.41, 5.74) is 0. The van der Waals surface area contributed by atoms with Crippen LogP contribution in [0.4, 0.5) is 0 Å². The summed E-state index contributed by atoms with van der Waals surface area (Å²) in [7, 11) is -2.42. The van der Waals surface area contributed by atoms with Gasteiger partial charge in [-0.1, -0.05) is 0 Å². The molecule has 1 aliphatic rings. The number of rotatable bonds is 1. The van der Waals surface area contributed by atoms with Crippen LogP contribution in [0.2, 0.25) is 0 Å². The van der Waals surface area contributed by atoms with Crippen LogP contribution in [-0.4, -0.2) is 24.1 Å². The Bertz CT molecular complexity index is 166. The maximum absolute atomic E-state index is 10.1. The van der Waals surface area contributed by atoms with Crippen molar-refractivity contribution in [3.63, 3.8) is 0 Å². The van der Waals surface area contributed by atoms with Gasteiger partial charge in [0.1, 0.15) is 0 Å². The number of hydrogen-bond acceptors (Lipinski definition) is 3. The number of aliphatic imine (C=N–C) groups is 1. The zero-order chi connectivity index (χ0) is 5.98. The first-order valence-corrected chi connectivity index (χ1v) is 3.34. The molecule has 0 aromatic heterocycles. The Morgan fingerprint density at radius 1 is 1.62 bits per heavy atom. The Morgan fingerprint density at radius 3 is 2.62 bits per heavy atom. The molecular weight excluding hydrogens is 127 g/mol. The topological polar surface area (TPSA) is 49.7 Å². The Balaban J connectivity index is 2.61. The zero-order valence-electron chi connectivity index (χ0n) is 4.15. The molecule has 0 unspecified atom stereocenters. The zero-order valence-corrected chi connectivity index (χ0v) is 5.04. The highest BCUT2D eigenvalue weighted by molar-refractivity contribution is 7.28. The number of hydrogen-bond donors (Lipinski definition) is 0. The van der Waals surface area contributed by atoms with E-state index < -0.39 is 7.83 Å². The van der Waals surface area contributed by atoms with Crippen LogP contribution in [0.3, 0.4) is 0 Å². The van der Waals surface area contributed by atoms with Gasteiger partial charge < -0.3 is 0 Å². The first-order chi connectivity index (χ1) is 3.80. The van der Waals surface area contributed by atoms with Crippen molar-refractivity contribution in [2.45, 2.75) is 0 Å². The van der Waals surface area contributed by atoms with Gasteiger partial charge in [-0.2, -0.15) is 0 Å². The van der Waals surface area contributed by atoms with E-state index in [4.69, 9.17) is 0 Å². The highest BCUT2D eigenvalue weighted by Crippen LogP contribution is 2.11. The minimum absolute atomic E-state index is 0.513. The molecule has 1 rings (SSSR count). The lowest BCUT2D eigenvalue weighted by Crippen LogP contribution is -2.06. The van der Waals surface area contributed by atoms with Crippen molar-refractivity contribution < 1.29 is 9.13 Å². The molecule has 8 heavy (non-hydrogen) atoms. The molecule has 0 N–H and O–H groups in total. The smallest absolute Gasteiger partial charge is 0.273 e. The molecule has 5 heteroatoms. The van der Waals surface area contributed by atoms with Crippen LogP contribution in [0.15, 0.2) is 4.99 Å². The minimum atomic E-state index is -2.42. The van der Waals surface area contributed by atoms with Crippen molar-refractivity contribution in [2.24, 2.45) is 4.99 Å². The van der Waals surface area contributed by atoms with Gasteiger partial charge in [-0.25, -0.2) is 9.13 Å². The summed E-state index contributed by atoms with van der Waals surface area (Å²) in [5.74, 6) is 0. The van der Waals surface area contributed by atoms with E-state index in [9.17, 15) is 9.13 Å². The van der Waals surface area contributed by atoms with Crippen molar-refractivity contribution in [1.29, 1.82) is 0 Å². The van der Waals surface area contributed by atoms with Crippen molar-refractivity contribution in [1.82, 2.24) is 4.67 Å². The average Bonchev–Trinajstić information content (AvgIpc) is 2.12. The van der Waals surface area contributed by atoms with E-state index in [1.165, 1.54) is 11.0 Å². The largest absolute Gasteiger partial charge is 0.427 e. The molecule has 0 aromatic carbocycles. The van der Waals surface area contributed by atoms with Gasteiger partial charge in [0.05, 0.1) is 19.4 Å². The first-order valence-electron chi connectivity index (χ1n) is 2.21. The second kappa shape index (κ2) is 2.09. The van der Waals surface area contributed by atoms with E-state index in [1.807, 2.05) is 0 Å². The van der Waals surface area contributed by atoms with Gasteiger partial charge in [-0.05, 0) is 0 Å². The molecule has 0 saturated heterocycles. The fraction of sp³-hybridized carbons (Fsp3) is 0.667. The van der Waals surface area contributed by atoms with E-state index in [-0.39, 0.29) is 0 Å². The Labute approximate surface area is 47.1 Å². The molecule has 44 valence electrons. The van der Waals surface area contributed by atoms with Gasteiger partial charge in [-0.3, -0.25) is 9.66 Å².